The van der Waals surface area contributed by atoms with E-state index in [1.165, 1.54) is 16.8 Å². The zero-order chi connectivity index (χ0) is 12.6. The number of benzene rings is 1. The number of aryl methyl sites for hydroxylation is 1. The van der Waals surface area contributed by atoms with Gasteiger partial charge >= 0.3 is 0 Å². The molecule has 0 bridgehead atoms. The first-order valence-corrected chi connectivity index (χ1v) is 5.90. The van der Waals surface area contributed by atoms with Crippen LogP contribution in [-0.2, 0) is 11.1 Å². The molecule has 0 saturated carbocycles. The molecule has 1 aromatic carbocycles. The van der Waals surface area contributed by atoms with Gasteiger partial charge in [0.25, 0.3) is 5.56 Å². The lowest BCUT2D eigenvalue weighted by Crippen LogP contribution is -2.16. The van der Waals surface area contributed by atoms with Crippen LogP contribution >= 0.6 is 0 Å². The molecule has 6 nitrogen and oxygen atoms in total. The summed E-state index contributed by atoms with van der Waals surface area (Å²) in [6.45, 7) is 1.70. The molecule has 7 heteroatoms. The van der Waals surface area contributed by atoms with Crippen molar-refractivity contribution in [2.45, 2.75) is 11.8 Å². The fourth-order valence-electron chi connectivity index (χ4n) is 1.45. The summed E-state index contributed by atoms with van der Waals surface area (Å²) in [6.07, 6.45) is 0. The molecule has 0 radical (unpaired) electrons. The number of nitrogens with one attached hydrogen (secondary N) is 1. The number of hydrogen-bond donors (Lipinski definition) is 3. The van der Waals surface area contributed by atoms with Crippen LogP contribution in [0.4, 0.5) is 5.69 Å². The summed E-state index contributed by atoms with van der Waals surface area (Å²) in [5.41, 5.74) is 6.55. The molecule has 0 spiro atoms. The van der Waals surface area contributed by atoms with Crippen LogP contribution in [0.5, 0.6) is 0 Å². The second-order valence-corrected chi connectivity index (χ2v) is 4.50. The number of H-pyrrole nitrogens is 1. The largest absolute Gasteiger partial charge is 0.393 e. The van der Waals surface area contributed by atoms with E-state index in [1.54, 1.807) is 19.1 Å². The Morgan fingerprint density at radius 1 is 1.35 bits per heavy atom. The molecule has 1 atom stereocenters. The smallest absolute Gasteiger partial charge is 0.294 e. The van der Waals surface area contributed by atoms with Crippen LogP contribution in [0.1, 0.15) is 5.69 Å². The Hall–Kier alpha value is -1.86. The highest BCUT2D eigenvalue weighted by Crippen LogP contribution is 2.11. The van der Waals surface area contributed by atoms with Crippen molar-refractivity contribution in [3.8, 4) is 5.69 Å². The van der Waals surface area contributed by atoms with Crippen molar-refractivity contribution >= 4 is 16.8 Å². The topological polar surface area (TPSA) is 101 Å². The Balaban J connectivity index is 2.50. The molecule has 1 aromatic heterocycles. The molecule has 0 aliphatic rings. The normalized spacial score (nSPS) is 12.6. The van der Waals surface area contributed by atoms with E-state index in [2.05, 4.69) is 5.10 Å². The molecular formula is C10H11N3O3S. The number of nitrogen functional groups attached to an aromatic ring is 1. The van der Waals surface area contributed by atoms with E-state index in [4.69, 9.17) is 10.3 Å². The first kappa shape index (κ1) is 11.6. The quantitative estimate of drug-likeness (QED) is 0.683. The first-order chi connectivity index (χ1) is 8.00. The van der Waals surface area contributed by atoms with Crippen LogP contribution in [0.3, 0.4) is 0 Å². The summed E-state index contributed by atoms with van der Waals surface area (Å²) in [5, 5.41) is 2.82. The fourth-order valence-corrected chi connectivity index (χ4v) is 1.82. The Labute approximate surface area is 99.3 Å². The number of nitrogens with zero attached hydrogens (tertiary/aromatic N) is 1. The van der Waals surface area contributed by atoms with Gasteiger partial charge in [-0.1, -0.05) is 0 Å². The molecule has 0 aliphatic heterocycles. The molecule has 0 amide bonds. The Bertz CT molecular complexity index is 627. The van der Waals surface area contributed by atoms with E-state index >= 15 is 0 Å². The second-order valence-electron chi connectivity index (χ2n) is 3.53. The SMILES string of the molecule is Cc1[nH]n(-c2ccc(S(=O)O)cc2)c(=O)c1N. The van der Waals surface area contributed by atoms with Crippen LogP contribution in [-0.4, -0.2) is 18.5 Å². The maximum atomic E-state index is 11.7. The van der Waals surface area contributed by atoms with Crippen LogP contribution in [0.15, 0.2) is 34.0 Å². The molecule has 1 unspecified atom stereocenters. The number of nitrogens with two attached hydrogens (primary N) is 1. The van der Waals surface area contributed by atoms with Gasteiger partial charge in [0, 0.05) is 0 Å². The average Bonchev–Trinajstić information content (AvgIpc) is 2.57. The monoisotopic (exact) mass is 253 g/mol. The van der Waals surface area contributed by atoms with Gasteiger partial charge in [-0.15, -0.1) is 0 Å². The van der Waals surface area contributed by atoms with Crippen molar-refractivity contribution in [1.82, 2.24) is 9.78 Å². The van der Waals surface area contributed by atoms with Crippen LogP contribution in [0, 0.1) is 6.92 Å². The maximum Gasteiger partial charge on any atom is 0.294 e. The van der Waals surface area contributed by atoms with Gasteiger partial charge in [0.1, 0.15) is 5.69 Å². The van der Waals surface area contributed by atoms with E-state index < -0.39 is 11.1 Å². The van der Waals surface area contributed by atoms with Crippen LogP contribution in [0.2, 0.25) is 0 Å². The molecule has 1 heterocycles. The van der Waals surface area contributed by atoms with E-state index in [9.17, 15) is 9.00 Å². The molecule has 4 N–H and O–H groups in total. The van der Waals surface area contributed by atoms with Crippen molar-refractivity contribution < 1.29 is 8.76 Å². The van der Waals surface area contributed by atoms with Crippen LogP contribution < -0.4 is 11.3 Å². The molecule has 2 rings (SSSR count). The van der Waals surface area contributed by atoms with Gasteiger partial charge in [-0.25, -0.2) is 8.89 Å². The minimum absolute atomic E-state index is 0.166. The van der Waals surface area contributed by atoms with Crippen molar-refractivity contribution in [2.75, 3.05) is 5.73 Å². The minimum atomic E-state index is -2.02. The summed E-state index contributed by atoms with van der Waals surface area (Å²) >= 11 is -2.02. The van der Waals surface area contributed by atoms with Crippen molar-refractivity contribution in [2.24, 2.45) is 0 Å². The third-order valence-corrected chi connectivity index (χ3v) is 3.09. The van der Waals surface area contributed by atoms with Gasteiger partial charge < -0.3 is 10.3 Å². The molecule has 17 heavy (non-hydrogen) atoms. The predicted octanol–water partition coefficient (Wildman–Crippen LogP) is 0.637. The van der Waals surface area contributed by atoms with Gasteiger partial charge in [-0.3, -0.25) is 9.89 Å². The predicted molar refractivity (Wildman–Crippen MR) is 64.6 cm³/mol. The molecule has 0 saturated heterocycles. The van der Waals surface area contributed by atoms with E-state index in [0.717, 1.165) is 0 Å². The summed E-state index contributed by atoms with van der Waals surface area (Å²) in [7, 11) is 0. The standard InChI is InChI=1S/C10H11N3O3S/c1-6-9(11)10(14)13(12-6)7-2-4-8(5-3-7)17(15)16/h2-5,12H,11H2,1H3,(H,15,16). The lowest BCUT2D eigenvalue weighted by atomic mass is 10.3. The second kappa shape index (κ2) is 4.19. The Kier molecular flexibility index (Phi) is 2.86. The molecule has 0 fully saturated rings. The van der Waals surface area contributed by atoms with Crippen molar-refractivity contribution in [3.63, 3.8) is 0 Å². The lowest BCUT2D eigenvalue weighted by Gasteiger charge is -2.01. The summed E-state index contributed by atoms with van der Waals surface area (Å²) in [4.78, 5) is 12.0. The first-order valence-electron chi connectivity index (χ1n) is 4.79. The highest BCUT2D eigenvalue weighted by Gasteiger charge is 2.09. The Morgan fingerprint density at radius 2 is 1.94 bits per heavy atom. The van der Waals surface area contributed by atoms with Crippen molar-refractivity contribution in [1.29, 1.82) is 0 Å². The maximum absolute atomic E-state index is 11.7. The molecular weight excluding hydrogens is 242 g/mol. The van der Waals surface area contributed by atoms with Gasteiger partial charge in [-0.2, -0.15) is 0 Å². The average molecular weight is 253 g/mol. The number of aromatic nitrogens is 2. The van der Waals surface area contributed by atoms with Gasteiger partial charge in [0.05, 0.1) is 16.3 Å². The van der Waals surface area contributed by atoms with E-state index in [0.29, 0.717) is 11.4 Å². The van der Waals surface area contributed by atoms with Crippen LogP contribution in [0.25, 0.3) is 5.69 Å². The summed E-state index contributed by atoms with van der Waals surface area (Å²) in [6, 6.07) is 6.09. The van der Waals surface area contributed by atoms with Gasteiger partial charge in [0.2, 0.25) is 0 Å². The van der Waals surface area contributed by atoms with Gasteiger partial charge in [-0.05, 0) is 31.2 Å². The fraction of sp³-hybridized carbons (Fsp3) is 0.100. The number of aromatic amines is 1. The van der Waals surface area contributed by atoms with E-state index in [1.807, 2.05) is 0 Å². The van der Waals surface area contributed by atoms with Gasteiger partial charge in [0.15, 0.2) is 11.1 Å². The summed E-state index contributed by atoms with van der Waals surface area (Å²) < 4.78 is 20.9. The zero-order valence-corrected chi connectivity index (χ0v) is 9.82. The van der Waals surface area contributed by atoms with Crippen molar-refractivity contribution in [3.05, 3.63) is 40.3 Å². The minimum Gasteiger partial charge on any atom is -0.393 e. The molecule has 90 valence electrons. The molecule has 0 aliphatic carbocycles. The lowest BCUT2D eigenvalue weighted by molar-refractivity contribution is 0.564. The number of anilines is 1. The molecule has 2 aromatic rings. The number of hydrogen-bond acceptors (Lipinski definition) is 3. The zero-order valence-electron chi connectivity index (χ0n) is 9.01. The van der Waals surface area contributed by atoms with E-state index in [-0.39, 0.29) is 16.1 Å². The highest BCUT2D eigenvalue weighted by molar-refractivity contribution is 7.79. The highest BCUT2D eigenvalue weighted by atomic mass is 32.2. The summed E-state index contributed by atoms with van der Waals surface area (Å²) in [5.74, 6) is 0. The third-order valence-electron chi connectivity index (χ3n) is 2.41. The number of rotatable bonds is 2. The Morgan fingerprint density at radius 3 is 2.35 bits per heavy atom. The third kappa shape index (κ3) is 2.02.